The van der Waals surface area contributed by atoms with Crippen LogP contribution in [0.2, 0.25) is 0 Å². The number of hydrogen-bond acceptors (Lipinski definition) is 1. The number of rotatable bonds is 0. The summed E-state index contributed by atoms with van der Waals surface area (Å²) in [6.45, 7) is 0. The summed E-state index contributed by atoms with van der Waals surface area (Å²) in [5.74, 6) is 0. The van der Waals surface area contributed by atoms with Gasteiger partial charge in [0, 0.05) is 0 Å². The maximum atomic E-state index is 10.2. The van der Waals surface area contributed by atoms with Gasteiger partial charge in [0.25, 0.3) is 0 Å². The van der Waals surface area contributed by atoms with Gasteiger partial charge >= 0.3 is 24.4 Å². The van der Waals surface area contributed by atoms with Crippen LogP contribution in [0.25, 0.3) is 0 Å². The quantitative estimate of drug-likeness (QED) is 0.286. The second-order valence-electron chi connectivity index (χ2n) is 0.468. The number of hydrogen-bond donors (Lipinski definition) is 1. The molecule has 6 heavy (non-hydrogen) atoms. The van der Waals surface area contributed by atoms with Gasteiger partial charge < -0.3 is 1.43 Å². The molecule has 0 spiro atoms. The SMILES string of the molecule is FC(F)(F)S.[H-].[Li+]. The van der Waals surface area contributed by atoms with Gasteiger partial charge in [-0.05, 0) is 0 Å². The first-order chi connectivity index (χ1) is 2.00. The second-order valence-corrected chi connectivity index (χ2v) is 0.975. The summed E-state index contributed by atoms with van der Waals surface area (Å²) in [4.78, 5) is 0. The Hall–Kier alpha value is 0.737. The summed E-state index contributed by atoms with van der Waals surface area (Å²) >= 11 is 2.12. The number of halogens is 3. The van der Waals surface area contributed by atoms with Crippen LogP contribution in [0.15, 0.2) is 0 Å². The molecule has 0 radical (unpaired) electrons. The monoisotopic (exact) mass is 110 g/mol. The Balaban J connectivity index is -0.0000000800. The minimum atomic E-state index is -4.31. The van der Waals surface area contributed by atoms with Crippen molar-refractivity contribution in [1.29, 1.82) is 0 Å². The first kappa shape index (κ1) is 9.88. The third-order valence-corrected chi connectivity index (χ3v) is 0. The third kappa shape index (κ3) is 122. The van der Waals surface area contributed by atoms with E-state index in [1.165, 1.54) is 0 Å². The van der Waals surface area contributed by atoms with E-state index >= 15 is 0 Å². The zero-order valence-electron chi connectivity index (χ0n) is 4.08. The predicted molar refractivity (Wildman–Crippen MR) is 16.2 cm³/mol. The molecule has 0 heterocycles. The fraction of sp³-hybridized carbons (Fsp3) is 1.00. The Morgan fingerprint density at radius 1 is 1.33 bits per heavy atom. The van der Waals surface area contributed by atoms with Gasteiger partial charge in [0.2, 0.25) is 0 Å². The van der Waals surface area contributed by atoms with E-state index < -0.39 is 5.51 Å². The van der Waals surface area contributed by atoms with Crippen LogP contribution < -0.4 is 18.9 Å². The molecule has 0 aromatic rings. The summed E-state index contributed by atoms with van der Waals surface area (Å²) in [6.07, 6.45) is 0. The Morgan fingerprint density at radius 2 is 1.33 bits per heavy atom. The van der Waals surface area contributed by atoms with E-state index in [2.05, 4.69) is 12.6 Å². The molecule has 0 saturated carbocycles. The van der Waals surface area contributed by atoms with Crippen LogP contribution in [0, 0.1) is 0 Å². The zero-order chi connectivity index (χ0) is 4.50. The molecule has 0 amide bonds. The van der Waals surface area contributed by atoms with Gasteiger partial charge in [-0.3, -0.25) is 0 Å². The maximum absolute atomic E-state index is 10.2. The van der Waals surface area contributed by atoms with Crippen molar-refractivity contribution >= 4 is 12.6 Å². The Labute approximate surface area is 52.2 Å². The van der Waals surface area contributed by atoms with Crippen LogP contribution in [0.3, 0.4) is 0 Å². The van der Waals surface area contributed by atoms with E-state index in [1.807, 2.05) is 0 Å². The Kier molecular flexibility index (Phi) is 4.67. The molecule has 0 bridgehead atoms. The van der Waals surface area contributed by atoms with E-state index in [1.54, 1.807) is 0 Å². The van der Waals surface area contributed by atoms with Crippen molar-refractivity contribution < 1.29 is 33.5 Å². The normalized spacial score (nSPS) is 10.0. The fourth-order valence-corrected chi connectivity index (χ4v) is 0. The van der Waals surface area contributed by atoms with E-state index in [0.717, 1.165) is 0 Å². The summed E-state index contributed by atoms with van der Waals surface area (Å²) in [5.41, 5.74) is -4.31. The average molecular weight is 110 g/mol. The molecule has 0 unspecified atom stereocenters. The minimum Gasteiger partial charge on any atom is -1.00 e. The minimum absolute atomic E-state index is 0. The van der Waals surface area contributed by atoms with Crippen LogP contribution in [-0.2, 0) is 0 Å². The molecule has 0 saturated heterocycles. The van der Waals surface area contributed by atoms with Crippen LogP contribution in [0.5, 0.6) is 0 Å². The van der Waals surface area contributed by atoms with Crippen LogP contribution in [0.1, 0.15) is 1.43 Å². The van der Waals surface area contributed by atoms with Crippen molar-refractivity contribution in [2.24, 2.45) is 0 Å². The van der Waals surface area contributed by atoms with E-state index in [0.29, 0.717) is 0 Å². The molecule has 0 aromatic carbocycles. The molecule has 0 aromatic heterocycles. The summed E-state index contributed by atoms with van der Waals surface area (Å²) in [5, 5.41) is 0. The zero-order valence-corrected chi connectivity index (χ0v) is 3.98. The second kappa shape index (κ2) is 2.84. The molecule has 0 aliphatic rings. The van der Waals surface area contributed by atoms with Crippen molar-refractivity contribution in [1.82, 2.24) is 0 Å². The van der Waals surface area contributed by atoms with E-state index in [4.69, 9.17) is 0 Å². The van der Waals surface area contributed by atoms with E-state index in [-0.39, 0.29) is 20.3 Å². The molecule has 0 nitrogen and oxygen atoms in total. The molecule has 34 valence electrons. The smallest absolute Gasteiger partial charge is 1.00 e. The topological polar surface area (TPSA) is 0 Å². The van der Waals surface area contributed by atoms with Gasteiger partial charge in [0.15, 0.2) is 0 Å². The summed E-state index contributed by atoms with van der Waals surface area (Å²) in [6, 6.07) is 0. The number of thiol groups is 1. The van der Waals surface area contributed by atoms with Crippen molar-refractivity contribution in [2.75, 3.05) is 0 Å². The first-order valence-electron chi connectivity index (χ1n) is 0.791. The van der Waals surface area contributed by atoms with Crippen LogP contribution in [0.4, 0.5) is 13.2 Å². The van der Waals surface area contributed by atoms with Gasteiger partial charge in [-0.15, -0.1) is 0 Å². The largest absolute Gasteiger partial charge is 1.00 e. The van der Waals surface area contributed by atoms with Crippen LogP contribution >= 0.6 is 12.6 Å². The number of alkyl halides is 3. The first-order valence-corrected chi connectivity index (χ1v) is 1.24. The Morgan fingerprint density at radius 3 is 1.33 bits per heavy atom. The Bertz CT molecular complexity index is 30.4. The molecule has 0 atom stereocenters. The summed E-state index contributed by atoms with van der Waals surface area (Å²) < 4.78 is 30.7. The molecular formula is CH2F3LiS. The van der Waals surface area contributed by atoms with Crippen molar-refractivity contribution in [3.63, 3.8) is 0 Å². The van der Waals surface area contributed by atoms with Crippen molar-refractivity contribution in [3.8, 4) is 0 Å². The molecular weight excluding hydrogens is 108 g/mol. The molecule has 0 rings (SSSR count). The molecule has 0 N–H and O–H groups in total. The third-order valence-electron chi connectivity index (χ3n) is 0. The van der Waals surface area contributed by atoms with E-state index in [9.17, 15) is 13.2 Å². The van der Waals surface area contributed by atoms with Gasteiger partial charge in [0.1, 0.15) is 0 Å². The molecule has 0 aliphatic carbocycles. The van der Waals surface area contributed by atoms with Gasteiger partial charge in [-0.25, -0.2) is 0 Å². The molecule has 0 fully saturated rings. The average Bonchev–Trinajstić information content (AvgIpc) is 0.722. The fourth-order valence-electron chi connectivity index (χ4n) is 0. The van der Waals surface area contributed by atoms with Crippen molar-refractivity contribution in [2.45, 2.75) is 5.51 Å². The molecule has 5 heteroatoms. The van der Waals surface area contributed by atoms with Gasteiger partial charge in [-0.2, -0.15) is 13.2 Å². The van der Waals surface area contributed by atoms with Gasteiger partial charge in [-0.1, -0.05) is 12.6 Å². The molecule has 0 aliphatic heterocycles. The summed E-state index contributed by atoms with van der Waals surface area (Å²) in [7, 11) is 0. The standard InChI is InChI=1S/CHF3S.Li.H/c2-1(3,4)5;;/h5H;;/q;+1;-1. The van der Waals surface area contributed by atoms with Crippen LogP contribution in [-0.4, -0.2) is 5.51 Å². The predicted octanol–water partition coefficient (Wildman–Crippen LogP) is -1.45. The van der Waals surface area contributed by atoms with Gasteiger partial charge in [0.05, 0.1) is 0 Å². The maximum Gasteiger partial charge on any atom is 1.00 e. The van der Waals surface area contributed by atoms with Crippen molar-refractivity contribution in [3.05, 3.63) is 0 Å².